The van der Waals surface area contributed by atoms with E-state index in [0.717, 1.165) is 24.7 Å². The Morgan fingerprint density at radius 2 is 2.27 bits per heavy atom. The molecule has 5 heteroatoms. The first kappa shape index (κ1) is 12.8. The van der Waals surface area contributed by atoms with Crippen molar-refractivity contribution < 1.29 is 4.74 Å². The molecule has 1 rings (SSSR count). The lowest BCUT2D eigenvalue weighted by Crippen LogP contribution is -2.04. The number of anilines is 1. The second kappa shape index (κ2) is 6.35. The smallest absolute Gasteiger partial charge is 0.181 e. The summed E-state index contributed by atoms with van der Waals surface area (Å²) in [4.78, 5) is 4.17. The molecule has 15 heavy (non-hydrogen) atoms. The van der Waals surface area contributed by atoms with Gasteiger partial charge in [-0.25, -0.2) is 4.98 Å². The largest absolute Gasteiger partial charge is 0.380 e. The molecule has 0 aromatic carbocycles. The van der Waals surface area contributed by atoms with Gasteiger partial charge in [-0.1, -0.05) is 25.2 Å². The SMILES string of the molecule is Cc1nc(N)sc1SCCOCC(C)C. The summed E-state index contributed by atoms with van der Waals surface area (Å²) in [5.74, 6) is 1.57. The van der Waals surface area contributed by atoms with Crippen molar-refractivity contribution in [1.29, 1.82) is 0 Å². The van der Waals surface area contributed by atoms with Crippen LogP contribution in [0, 0.1) is 12.8 Å². The van der Waals surface area contributed by atoms with E-state index in [1.54, 1.807) is 23.1 Å². The van der Waals surface area contributed by atoms with Crippen LogP contribution in [0.2, 0.25) is 0 Å². The monoisotopic (exact) mass is 246 g/mol. The number of aryl methyl sites for hydroxylation is 1. The molecule has 86 valence electrons. The molecule has 0 radical (unpaired) electrons. The maximum Gasteiger partial charge on any atom is 0.181 e. The second-order valence-corrected chi connectivity index (χ2v) is 6.14. The third-order valence-corrected chi connectivity index (χ3v) is 4.00. The molecule has 0 unspecified atom stereocenters. The predicted molar refractivity (Wildman–Crippen MR) is 67.6 cm³/mol. The van der Waals surface area contributed by atoms with Crippen molar-refractivity contribution >= 4 is 28.2 Å². The number of thioether (sulfide) groups is 1. The van der Waals surface area contributed by atoms with Crippen LogP contribution in [-0.4, -0.2) is 24.0 Å². The Kier molecular flexibility index (Phi) is 5.42. The summed E-state index contributed by atoms with van der Waals surface area (Å²) in [7, 11) is 0. The number of nitrogens with two attached hydrogens (primary N) is 1. The fourth-order valence-corrected chi connectivity index (χ4v) is 3.00. The molecule has 0 aliphatic carbocycles. The average Bonchev–Trinajstić information content (AvgIpc) is 2.44. The highest BCUT2D eigenvalue weighted by Gasteiger charge is 2.05. The lowest BCUT2D eigenvalue weighted by Gasteiger charge is -2.05. The van der Waals surface area contributed by atoms with Crippen molar-refractivity contribution in [1.82, 2.24) is 4.98 Å². The normalized spacial score (nSPS) is 11.2. The first-order chi connectivity index (χ1) is 7.09. The molecular formula is C10H18N2OS2. The highest BCUT2D eigenvalue weighted by Crippen LogP contribution is 2.30. The fourth-order valence-electron chi connectivity index (χ4n) is 1.05. The van der Waals surface area contributed by atoms with Crippen LogP contribution in [0.15, 0.2) is 4.21 Å². The van der Waals surface area contributed by atoms with Gasteiger partial charge in [-0.3, -0.25) is 0 Å². The number of hydrogen-bond donors (Lipinski definition) is 1. The fraction of sp³-hybridized carbons (Fsp3) is 0.700. The summed E-state index contributed by atoms with van der Waals surface area (Å²) in [6.07, 6.45) is 0. The van der Waals surface area contributed by atoms with Crippen LogP contribution < -0.4 is 5.73 Å². The number of nitrogens with zero attached hydrogens (tertiary/aromatic N) is 1. The summed E-state index contributed by atoms with van der Waals surface area (Å²) in [5, 5.41) is 0.651. The molecule has 0 amide bonds. The maximum absolute atomic E-state index is 5.61. The van der Waals surface area contributed by atoms with E-state index in [2.05, 4.69) is 18.8 Å². The van der Waals surface area contributed by atoms with E-state index in [0.29, 0.717) is 11.0 Å². The minimum atomic E-state index is 0.607. The molecule has 0 aliphatic heterocycles. The first-order valence-electron chi connectivity index (χ1n) is 5.03. The molecule has 1 aromatic heterocycles. The van der Waals surface area contributed by atoms with Crippen LogP contribution in [0.1, 0.15) is 19.5 Å². The molecular weight excluding hydrogens is 228 g/mol. The van der Waals surface area contributed by atoms with Crippen molar-refractivity contribution in [2.45, 2.75) is 25.0 Å². The summed E-state index contributed by atoms with van der Waals surface area (Å²) in [6.45, 7) is 7.93. The van der Waals surface area contributed by atoms with E-state index in [1.165, 1.54) is 4.21 Å². The maximum atomic E-state index is 5.61. The van der Waals surface area contributed by atoms with Gasteiger partial charge in [0.05, 0.1) is 16.5 Å². The zero-order chi connectivity index (χ0) is 11.3. The van der Waals surface area contributed by atoms with Crippen LogP contribution >= 0.6 is 23.1 Å². The van der Waals surface area contributed by atoms with Crippen LogP contribution in [-0.2, 0) is 4.74 Å². The summed E-state index contributed by atoms with van der Waals surface area (Å²) >= 11 is 3.32. The predicted octanol–water partition coefficient (Wildman–Crippen LogP) is 2.80. The minimum Gasteiger partial charge on any atom is -0.380 e. The van der Waals surface area contributed by atoms with Crippen LogP contribution in [0.4, 0.5) is 5.13 Å². The van der Waals surface area contributed by atoms with Gasteiger partial charge in [-0.2, -0.15) is 0 Å². The van der Waals surface area contributed by atoms with Gasteiger partial charge < -0.3 is 10.5 Å². The first-order valence-corrected chi connectivity index (χ1v) is 6.83. The second-order valence-electron chi connectivity index (χ2n) is 3.74. The van der Waals surface area contributed by atoms with Crippen molar-refractivity contribution in [3.8, 4) is 0 Å². The lowest BCUT2D eigenvalue weighted by atomic mass is 10.2. The number of ether oxygens (including phenoxy) is 1. The van der Waals surface area contributed by atoms with Crippen LogP contribution in [0.25, 0.3) is 0 Å². The van der Waals surface area contributed by atoms with Crippen LogP contribution in [0.5, 0.6) is 0 Å². The molecule has 3 nitrogen and oxygen atoms in total. The van der Waals surface area contributed by atoms with Gasteiger partial charge in [0.25, 0.3) is 0 Å². The number of rotatable bonds is 6. The van der Waals surface area contributed by atoms with E-state index >= 15 is 0 Å². The van der Waals surface area contributed by atoms with Gasteiger partial charge >= 0.3 is 0 Å². The molecule has 0 atom stereocenters. The zero-order valence-electron chi connectivity index (χ0n) is 9.45. The molecule has 0 aliphatic rings. The van der Waals surface area contributed by atoms with Gasteiger partial charge in [-0.15, -0.1) is 11.8 Å². The van der Waals surface area contributed by atoms with Gasteiger partial charge in [0, 0.05) is 12.4 Å². The number of hydrogen-bond acceptors (Lipinski definition) is 5. The van der Waals surface area contributed by atoms with Gasteiger partial charge in [0.1, 0.15) is 0 Å². The zero-order valence-corrected chi connectivity index (χ0v) is 11.1. The summed E-state index contributed by atoms with van der Waals surface area (Å²) in [5.41, 5.74) is 6.65. The van der Waals surface area contributed by atoms with E-state index in [-0.39, 0.29) is 0 Å². The quantitative estimate of drug-likeness (QED) is 0.619. The Hall–Kier alpha value is -0.260. The van der Waals surface area contributed by atoms with E-state index < -0.39 is 0 Å². The Bertz CT molecular complexity index is 300. The van der Waals surface area contributed by atoms with Gasteiger partial charge in [0.15, 0.2) is 5.13 Å². The van der Waals surface area contributed by atoms with Crippen molar-refractivity contribution in [2.24, 2.45) is 5.92 Å². The Morgan fingerprint density at radius 3 is 2.80 bits per heavy atom. The third-order valence-electron chi connectivity index (χ3n) is 1.68. The molecule has 0 spiro atoms. The highest BCUT2D eigenvalue weighted by molar-refractivity contribution is 8.01. The molecule has 0 saturated heterocycles. The molecule has 2 N–H and O–H groups in total. The molecule has 1 heterocycles. The van der Waals surface area contributed by atoms with Crippen molar-refractivity contribution in [3.63, 3.8) is 0 Å². The lowest BCUT2D eigenvalue weighted by molar-refractivity contribution is 0.124. The van der Waals surface area contributed by atoms with Crippen molar-refractivity contribution in [2.75, 3.05) is 24.7 Å². The number of nitrogen functional groups attached to an aromatic ring is 1. The molecule has 0 bridgehead atoms. The molecule has 1 aromatic rings. The number of aromatic nitrogens is 1. The van der Waals surface area contributed by atoms with Crippen molar-refractivity contribution in [3.05, 3.63) is 5.69 Å². The number of thiazole rings is 1. The standard InChI is InChI=1S/C10H18N2OS2/c1-7(2)6-13-4-5-14-9-8(3)12-10(11)15-9/h7H,4-6H2,1-3H3,(H2,11,12). The Morgan fingerprint density at radius 1 is 1.53 bits per heavy atom. The molecule has 0 saturated carbocycles. The summed E-state index contributed by atoms with van der Waals surface area (Å²) < 4.78 is 6.70. The van der Waals surface area contributed by atoms with E-state index in [1.807, 2.05) is 6.92 Å². The average molecular weight is 246 g/mol. The Balaban J connectivity index is 2.17. The highest BCUT2D eigenvalue weighted by atomic mass is 32.2. The molecule has 0 fully saturated rings. The summed E-state index contributed by atoms with van der Waals surface area (Å²) in [6, 6.07) is 0. The van der Waals surface area contributed by atoms with Crippen LogP contribution in [0.3, 0.4) is 0 Å². The van der Waals surface area contributed by atoms with Gasteiger partial charge in [-0.05, 0) is 12.8 Å². The minimum absolute atomic E-state index is 0.607. The van der Waals surface area contributed by atoms with Gasteiger partial charge in [0.2, 0.25) is 0 Å². The third kappa shape index (κ3) is 4.86. The van der Waals surface area contributed by atoms with E-state index in [4.69, 9.17) is 10.5 Å². The topological polar surface area (TPSA) is 48.1 Å². The van der Waals surface area contributed by atoms with E-state index in [9.17, 15) is 0 Å². The Labute approximate surface area is 99.4 Å².